The fourth-order valence-corrected chi connectivity index (χ4v) is 1.75. The molecule has 5 nitrogen and oxygen atoms in total. The van der Waals surface area contributed by atoms with E-state index in [1.54, 1.807) is 0 Å². The number of halogens is 1. The summed E-state index contributed by atoms with van der Waals surface area (Å²) in [5, 5.41) is 11.6. The normalized spacial score (nSPS) is 11.1. The minimum absolute atomic E-state index is 0.0807. The monoisotopic (exact) mass is 263 g/mol. The number of rotatable bonds is 3. The Balaban J connectivity index is 2.74. The van der Waals surface area contributed by atoms with E-state index in [1.807, 2.05) is 0 Å². The van der Waals surface area contributed by atoms with E-state index in [4.69, 9.17) is 16.7 Å². The molecule has 0 atom stereocenters. The third-order valence-electron chi connectivity index (χ3n) is 1.62. The van der Waals surface area contributed by atoms with E-state index >= 15 is 0 Å². The number of amides is 1. The molecule has 0 aromatic heterocycles. The highest BCUT2D eigenvalue weighted by molar-refractivity contribution is 7.91. The van der Waals surface area contributed by atoms with Crippen molar-refractivity contribution in [2.45, 2.75) is 0 Å². The molecule has 88 valence electrons. The first-order valence-corrected chi connectivity index (χ1v) is 6.68. The molecule has 0 spiro atoms. The lowest BCUT2D eigenvalue weighted by molar-refractivity contribution is -0.113. The lowest BCUT2D eigenvalue weighted by Crippen LogP contribution is -2.21. The second-order valence-corrected chi connectivity index (χ2v) is 5.83. The van der Waals surface area contributed by atoms with Crippen molar-refractivity contribution in [3.63, 3.8) is 0 Å². The third-order valence-corrected chi connectivity index (χ3v) is 2.71. The summed E-state index contributed by atoms with van der Waals surface area (Å²) in [6.07, 6.45) is 0.969. The summed E-state index contributed by atoms with van der Waals surface area (Å²) >= 11 is 5.61. The molecule has 1 aromatic rings. The molecule has 7 heteroatoms. The largest absolute Gasteiger partial charge is 0.506 e. The van der Waals surface area contributed by atoms with Gasteiger partial charge in [-0.15, -0.1) is 0 Å². The summed E-state index contributed by atoms with van der Waals surface area (Å²) in [6.45, 7) is 0. The maximum absolute atomic E-state index is 11.2. The fraction of sp³-hybridized carbons (Fsp3) is 0.222. The summed E-state index contributed by atoms with van der Waals surface area (Å²) in [5.41, 5.74) is 0.330. The van der Waals surface area contributed by atoms with Crippen molar-refractivity contribution in [1.29, 1.82) is 0 Å². The van der Waals surface area contributed by atoms with E-state index in [9.17, 15) is 13.2 Å². The zero-order chi connectivity index (χ0) is 12.3. The number of nitrogens with one attached hydrogen (secondary N) is 1. The number of benzene rings is 1. The highest BCUT2D eigenvalue weighted by atomic mass is 35.5. The van der Waals surface area contributed by atoms with Gasteiger partial charge in [-0.3, -0.25) is 4.79 Å². The lowest BCUT2D eigenvalue weighted by atomic mass is 10.3. The second-order valence-electron chi connectivity index (χ2n) is 3.28. The van der Waals surface area contributed by atoms with Crippen LogP contribution in [0.5, 0.6) is 5.75 Å². The quantitative estimate of drug-likeness (QED) is 0.798. The number of phenolic OH excluding ortho intramolecular Hbond substituents is 1. The van der Waals surface area contributed by atoms with Gasteiger partial charge in [0.25, 0.3) is 0 Å². The van der Waals surface area contributed by atoms with Crippen LogP contribution < -0.4 is 5.32 Å². The van der Waals surface area contributed by atoms with Gasteiger partial charge >= 0.3 is 0 Å². The smallest absolute Gasteiger partial charge is 0.239 e. The first-order valence-electron chi connectivity index (χ1n) is 4.24. The number of hydrogen-bond acceptors (Lipinski definition) is 4. The number of hydrogen-bond donors (Lipinski definition) is 2. The van der Waals surface area contributed by atoms with Crippen molar-refractivity contribution in [3.8, 4) is 5.75 Å². The van der Waals surface area contributed by atoms with Gasteiger partial charge in [0, 0.05) is 11.9 Å². The van der Waals surface area contributed by atoms with Crippen LogP contribution in [0.15, 0.2) is 18.2 Å². The Hall–Kier alpha value is -1.27. The first-order chi connectivity index (χ1) is 7.28. The maximum atomic E-state index is 11.2. The van der Waals surface area contributed by atoms with Crippen LogP contribution in [0, 0.1) is 0 Å². The fourth-order valence-electron chi connectivity index (χ4n) is 1.02. The molecule has 0 bridgehead atoms. The van der Waals surface area contributed by atoms with E-state index in [1.165, 1.54) is 18.2 Å². The molecule has 0 radical (unpaired) electrons. The number of aromatic hydroxyl groups is 1. The summed E-state index contributed by atoms with van der Waals surface area (Å²) in [6, 6.07) is 4.05. The molecule has 0 aliphatic rings. The molecular weight excluding hydrogens is 254 g/mol. The minimum Gasteiger partial charge on any atom is -0.506 e. The Bertz CT molecular complexity index is 512. The highest BCUT2D eigenvalue weighted by Gasteiger charge is 2.11. The molecule has 0 heterocycles. The number of sulfone groups is 1. The standard InChI is InChI=1S/C9H10ClNO4S/c1-16(14,15)5-9(13)11-6-2-3-8(12)7(10)4-6/h2-4,12H,5H2,1H3,(H,11,13). The molecule has 1 aromatic carbocycles. The van der Waals surface area contributed by atoms with Crippen molar-refractivity contribution in [2.24, 2.45) is 0 Å². The van der Waals surface area contributed by atoms with Crippen LogP contribution in [0.1, 0.15) is 0 Å². The van der Waals surface area contributed by atoms with Crippen LogP contribution in [-0.4, -0.2) is 31.4 Å². The minimum atomic E-state index is -3.36. The predicted molar refractivity (Wildman–Crippen MR) is 61.5 cm³/mol. The zero-order valence-corrected chi connectivity index (χ0v) is 9.97. The van der Waals surface area contributed by atoms with Crippen molar-refractivity contribution >= 4 is 33.0 Å². The maximum Gasteiger partial charge on any atom is 0.239 e. The van der Waals surface area contributed by atoms with E-state index in [0.29, 0.717) is 5.69 Å². The molecule has 0 saturated carbocycles. The summed E-state index contributed by atoms with van der Waals surface area (Å²) < 4.78 is 21.7. The zero-order valence-electron chi connectivity index (χ0n) is 8.40. The molecule has 0 unspecified atom stereocenters. The summed E-state index contributed by atoms with van der Waals surface area (Å²) in [7, 11) is -3.36. The number of phenols is 1. The summed E-state index contributed by atoms with van der Waals surface area (Å²) in [4.78, 5) is 11.2. The van der Waals surface area contributed by atoms with Gasteiger partial charge in [0.05, 0.1) is 5.02 Å². The predicted octanol–water partition coefficient (Wildman–Crippen LogP) is 1.03. The van der Waals surface area contributed by atoms with Crippen LogP contribution in [0.2, 0.25) is 5.02 Å². The number of carbonyl (C=O) groups excluding carboxylic acids is 1. The molecule has 1 amide bonds. The molecule has 16 heavy (non-hydrogen) atoms. The number of carbonyl (C=O) groups is 1. The Labute approximate surface area is 98.0 Å². The molecular formula is C9H10ClNO4S. The van der Waals surface area contributed by atoms with Gasteiger partial charge in [0.2, 0.25) is 5.91 Å². The van der Waals surface area contributed by atoms with Crippen LogP contribution in [0.4, 0.5) is 5.69 Å². The van der Waals surface area contributed by atoms with E-state index in [0.717, 1.165) is 6.26 Å². The Kier molecular flexibility index (Phi) is 3.77. The van der Waals surface area contributed by atoms with Gasteiger partial charge in [0.15, 0.2) is 9.84 Å². The van der Waals surface area contributed by atoms with E-state index in [2.05, 4.69) is 5.32 Å². The third kappa shape index (κ3) is 4.08. The van der Waals surface area contributed by atoms with E-state index in [-0.39, 0.29) is 10.8 Å². The molecule has 1 rings (SSSR count). The number of anilines is 1. The van der Waals surface area contributed by atoms with Crippen LogP contribution in [0.25, 0.3) is 0 Å². The average Bonchev–Trinajstić information content (AvgIpc) is 2.08. The topological polar surface area (TPSA) is 83.5 Å². The molecule has 0 saturated heterocycles. The van der Waals surface area contributed by atoms with Gasteiger partial charge in [-0.05, 0) is 18.2 Å². The highest BCUT2D eigenvalue weighted by Crippen LogP contribution is 2.25. The molecule has 0 fully saturated rings. The Morgan fingerprint density at radius 2 is 2.12 bits per heavy atom. The first kappa shape index (κ1) is 12.8. The van der Waals surface area contributed by atoms with E-state index < -0.39 is 21.5 Å². The lowest BCUT2D eigenvalue weighted by Gasteiger charge is -2.05. The van der Waals surface area contributed by atoms with Crippen molar-refractivity contribution < 1.29 is 18.3 Å². The summed E-state index contributed by atoms with van der Waals surface area (Å²) in [5.74, 6) is -1.35. The Morgan fingerprint density at radius 3 is 2.62 bits per heavy atom. The Morgan fingerprint density at radius 1 is 1.50 bits per heavy atom. The second kappa shape index (κ2) is 4.71. The average molecular weight is 264 g/mol. The molecule has 0 aliphatic carbocycles. The molecule has 2 N–H and O–H groups in total. The van der Waals surface area contributed by atoms with Gasteiger partial charge in [-0.25, -0.2) is 8.42 Å². The molecule has 0 aliphatic heterocycles. The van der Waals surface area contributed by atoms with Crippen molar-refractivity contribution in [2.75, 3.05) is 17.3 Å². The van der Waals surface area contributed by atoms with Gasteiger partial charge in [0.1, 0.15) is 11.5 Å². The van der Waals surface area contributed by atoms with Gasteiger partial charge in [-0.1, -0.05) is 11.6 Å². The van der Waals surface area contributed by atoms with Crippen LogP contribution in [-0.2, 0) is 14.6 Å². The van der Waals surface area contributed by atoms with Crippen LogP contribution >= 0.6 is 11.6 Å². The SMILES string of the molecule is CS(=O)(=O)CC(=O)Nc1ccc(O)c(Cl)c1. The van der Waals surface area contributed by atoms with Crippen LogP contribution in [0.3, 0.4) is 0 Å². The van der Waals surface area contributed by atoms with Crippen molar-refractivity contribution in [3.05, 3.63) is 23.2 Å². The van der Waals surface area contributed by atoms with Gasteiger partial charge < -0.3 is 10.4 Å². The van der Waals surface area contributed by atoms with Gasteiger partial charge in [-0.2, -0.15) is 0 Å². The van der Waals surface area contributed by atoms with Crippen molar-refractivity contribution in [1.82, 2.24) is 0 Å².